The number of para-hydroxylation sites is 2. The van der Waals surface area contributed by atoms with Gasteiger partial charge in [0.1, 0.15) is 24.7 Å². The monoisotopic (exact) mass is 708 g/mol. The molecule has 0 aliphatic carbocycles. The van der Waals surface area contributed by atoms with E-state index >= 15 is 0 Å². The van der Waals surface area contributed by atoms with E-state index < -0.39 is 9.84 Å². The highest BCUT2D eigenvalue weighted by molar-refractivity contribution is 7.99. The summed E-state index contributed by atoms with van der Waals surface area (Å²) in [5, 5.41) is 1.88. The van der Waals surface area contributed by atoms with E-state index in [0.29, 0.717) is 22.6 Å². The van der Waals surface area contributed by atoms with E-state index in [2.05, 4.69) is 68.4 Å². The third-order valence-corrected chi connectivity index (χ3v) is 12.2. The molecule has 2 N–H and O–H groups in total. The quantitative estimate of drug-likeness (QED) is 0.132. The minimum Gasteiger partial charge on any atom is -0.490 e. The SMILES string of the molecule is O=S(=O)(c1ccccc1)c1c[nH]c2c(OCCN3CCCC3)cccc12.c1ccc(Sc2c[nH]c3c(OCCN4CCCC4)cccc23)cc1. The number of sulfone groups is 1. The lowest BCUT2D eigenvalue weighted by atomic mass is 10.2. The Morgan fingerprint density at radius 2 is 1.12 bits per heavy atom. The van der Waals surface area contributed by atoms with Crippen molar-refractivity contribution >= 4 is 43.4 Å². The minimum absolute atomic E-state index is 0.281. The molecule has 2 aromatic heterocycles. The van der Waals surface area contributed by atoms with E-state index in [0.717, 1.165) is 49.6 Å². The van der Waals surface area contributed by atoms with E-state index in [-0.39, 0.29) is 4.90 Å². The van der Waals surface area contributed by atoms with Crippen molar-refractivity contribution in [3.05, 3.63) is 109 Å². The van der Waals surface area contributed by atoms with Gasteiger partial charge in [0.2, 0.25) is 9.84 Å². The maximum Gasteiger partial charge on any atom is 0.208 e. The second kappa shape index (κ2) is 16.2. The smallest absolute Gasteiger partial charge is 0.208 e. The first-order chi connectivity index (χ1) is 24.6. The lowest BCUT2D eigenvalue weighted by Gasteiger charge is -2.15. The van der Waals surface area contributed by atoms with Gasteiger partial charge in [-0.1, -0.05) is 72.4 Å². The first kappa shape index (κ1) is 34.2. The molecule has 260 valence electrons. The van der Waals surface area contributed by atoms with Gasteiger partial charge in [-0.2, -0.15) is 0 Å². The van der Waals surface area contributed by atoms with Crippen molar-refractivity contribution in [3.63, 3.8) is 0 Å². The molecule has 2 aliphatic rings. The van der Waals surface area contributed by atoms with Gasteiger partial charge in [0, 0.05) is 46.0 Å². The molecule has 0 bridgehead atoms. The number of hydrogen-bond donors (Lipinski definition) is 2. The fraction of sp³-hybridized carbons (Fsp3) is 0.300. The molecule has 4 aromatic carbocycles. The summed E-state index contributed by atoms with van der Waals surface area (Å²) in [5.41, 5.74) is 1.82. The molecule has 0 radical (unpaired) electrons. The Kier molecular flexibility index (Phi) is 11.1. The standard InChI is InChI=1S/C20H22N2O3S.C20H22N2OS/c23-26(24,16-7-2-1-3-8-16)19-15-21-20-17(19)9-6-10-18(20)25-14-13-22-11-4-5-12-22;1-2-7-16(8-3-1)24-19-15-21-20-17(19)9-6-10-18(20)23-14-13-22-11-4-5-12-22/h1-3,6-10,15,21H,4-5,11-14H2;1-3,6-10,15,21H,4-5,11-14H2. The number of aromatic amines is 2. The number of H-pyrrole nitrogens is 2. The summed E-state index contributed by atoms with van der Waals surface area (Å²) < 4.78 is 37.9. The molecule has 0 amide bonds. The minimum atomic E-state index is -3.57. The molecular formula is C40H44N4O4S2. The van der Waals surface area contributed by atoms with Crippen LogP contribution >= 0.6 is 11.8 Å². The maximum absolute atomic E-state index is 12.9. The summed E-state index contributed by atoms with van der Waals surface area (Å²) in [6.45, 7) is 7.96. The molecule has 50 heavy (non-hydrogen) atoms. The lowest BCUT2D eigenvalue weighted by Crippen LogP contribution is -2.25. The molecule has 0 saturated carbocycles. The summed E-state index contributed by atoms with van der Waals surface area (Å²) in [6, 6.07) is 30.8. The third-order valence-electron chi connectivity index (χ3n) is 9.32. The van der Waals surface area contributed by atoms with Crippen molar-refractivity contribution in [1.29, 1.82) is 0 Å². The largest absolute Gasteiger partial charge is 0.490 e. The summed E-state index contributed by atoms with van der Waals surface area (Å²) in [4.78, 5) is 14.4. The van der Waals surface area contributed by atoms with Crippen LogP contribution in [0.4, 0.5) is 0 Å². The van der Waals surface area contributed by atoms with Crippen molar-refractivity contribution in [2.75, 3.05) is 52.5 Å². The third kappa shape index (κ3) is 8.05. The molecule has 6 aromatic rings. The van der Waals surface area contributed by atoms with Crippen LogP contribution in [-0.4, -0.2) is 80.7 Å². The molecule has 0 atom stereocenters. The molecular weight excluding hydrogens is 665 g/mol. The van der Waals surface area contributed by atoms with Crippen molar-refractivity contribution in [1.82, 2.24) is 19.8 Å². The van der Waals surface area contributed by atoms with Crippen LogP contribution in [-0.2, 0) is 9.84 Å². The van der Waals surface area contributed by atoms with Crippen LogP contribution in [0, 0.1) is 0 Å². The van der Waals surface area contributed by atoms with Gasteiger partial charge in [-0.25, -0.2) is 8.42 Å². The molecule has 2 fully saturated rings. The topological polar surface area (TPSA) is 90.7 Å². The molecule has 0 spiro atoms. The van der Waals surface area contributed by atoms with Crippen LogP contribution in [0.3, 0.4) is 0 Å². The van der Waals surface area contributed by atoms with Gasteiger partial charge in [-0.15, -0.1) is 0 Å². The van der Waals surface area contributed by atoms with Crippen molar-refractivity contribution < 1.29 is 17.9 Å². The summed E-state index contributed by atoms with van der Waals surface area (Å²) in [6.07, 6.45) is 8.80. The van der Waals surface area contributed by atoms with Crippen molar-refractivity contribution in [3.8, 4) is 11.5 Å². The Bertz CT molecular complexity index is 2090. The second-order valence-electron chi connectivity index (χ2n) is 12.7. The van der Waals surface area contributed by atoms with Crippen LogP contribution in [0.2, 0.25) is 0 Å². The van der Waals surface area contributed by atoms with Crippen LogP contribution in [0.5, 0.6) is 11.5 Å². The number of hydrogen-bond acceptors (Lipinski definition) is 7. The van der Waals surface area contributed by atoms with Crippen LogP contribution < -0.4 is 9.47 Å². The normalized spacial score (nSPS) is 15.4. The number of nitrogens with zero attached hydrogens (tertiary/aromatic N) is 2. The predicted octanol–water partition coefficient (Wildman–Crippen LogP) is 8.27. The van der Waals surface area contributed by atoms with E-state index in [1.165, 1.54) is 53.9 Å². The van der Waals surface area contributed by atoms with Gasteiger partial charge in [0.05, 0.1) is 20.8 Å². The van der Waals surface area contributed by atoms with Crippen LogP contribution in [0.1, 0.15) is 25.7 Å². The Morgan fingerprint density at radius 3 is 1.72 bits per heavy atom. The number of rotatable bonds is 12. The van der Waals surface area contributed by atoms with E-state index in [1.807, 2.05) is 24.3 Å². The average Bonchev–Trinajstić information content (AvgIpc) is 3.99. The molecule has 8 rings (SSSR count). The summed E-state index contributed by atoms with van der Waals surface area (Å²) >= 11 is 1.78. The first-order valence-corrected chi connectivity index (χ1v) is 19.8. The van der Waals surface area contributed by atoms with E-state index in [4.69, 9.17) is 9.47 Å². The lowest BCUT2D eigenvalue weighted by molar-refractivity contribution is 0.239. The number of likely N-dealkylation sites (tertiary alicyclic amines) is 2. The Labute approximate surface area is 298 Å². The zero-order valence-corrected chi connectivity index (χ0v) is 29.9. The fourth-order valence-electron chi connectivity index (χ4n) is 6.67. The number of nitrogens with one attached hydrogen (secondary N) is 2. The van der Waals surface area contributed by atoms with Crippen LogP contribution in [0.15, 0.2) is 129 Å². The zero-order chi connectivity index (χ0) is 34.2. The van der Waals surface area contributed by atoms with Crippen molar-refractivity contribution in [2.24, 2.45) is 0 Å². The number of fused-ring (bicyclic) bond motifs is 2. The van der Waals surface area contributed by atoms with Crippen molar-refractivity contribution in [2.45, 2.75) is 45.3 Å². The Balaban J connectivity index is 0.000000157. The highest BCUT2D eigenvalue weighted by atomic mass is 32.2. The molecule has 10 heteroatoms. The summed E-state index contributed by atoms with van der Waals surface area (Å²) in [7, 11) is -3.57. The van der Waals surface area contributed by atoms with Gasteiger partial charge >= 0.3 is 0 Å². The fourth-order valence-corrected chi connectivity index (χ4v) is 9.06. The molecule has 2 aliphatic heterocycles. The van der Waals surface area contributed by atoms with Gasteiger partial charge in [-0.3, -0.25) is 9.80 Å². The molecule has 8 nitrogen and oxygen atoms in total. The van der Waals surface area contributed by atoms with E-state index in [9.17, 15) is 8.42 Å². The second-order valence-corrected chi connectivity index (χ2v) is 15.7. The van der Waals surface area contributed by atoms with Gasteiger partial charge < -0.3 is 19.4 Å². The van der Waals surface area contributed by atoms with Crippen LogP contribution in [0.25, 0.3) is 21.8 Å². The predicted molar refractivity (Wildman–Crippen MR) is 201 cm³/mol. The number of ether oxygens (including phenoxy) is 2. The maximum atomic E-state index is 12.9. The van der Waals surface area contributed by atoms with Gasteiger partial charge in [-0.05, 0) is 88.3 Å². The zero-order valence-electron chi connectivity index (χ0n) is 28.2. The highest BCUT2D eigenvalue weighted by Gasteiger charge is 2.23. The molecule has 0 unspecified atom stereocenters. The Morgan fingerprint density at radius 1 is 0.600 bits per heavy atom. The van der Waals surface area contributed by atoms with Gasteiger partial charge in [0.25, 0.3) is 0 Å². The van der Waals surface area contributed by atoms with E-state index in [1.54, 1.807) is 48.3 Å². The summed E-state index contributed by atoms with van der Waals surface area (Å²) in [5.74, 6) is 1.64. The first-order valence-electron chi connectivity index (χ1n) is 17.5. The average molecular weight is 709 g/mol. The van der Waals surface area contributed by atoms with Gasteiger partial charge in [0.15, 0.2) is 0 Å². The number of benzene rings is 4. The highest BCUT2D eigenvalue weighted by Crippen LogP contribution is 2.37. The number of aromatic nitrogens is 2. The molecule has 2 saturated heterocycles. The Hall–Kier alpha value is -4.22. The molecule has 4 heterocycles.